The van der Waals surface area contributed by atoms with Gasteiger partial charge in [-0.1, -0.05) is 54.5 Å². The summed E-state index contributed by atoms with van der Waals surface area (Å²) in [6.45, 7) is 0. The Kier molecular flexibility index (Phi) is 8.14. The molecule has 0 fully saturated rings. The highest BCUT2D eigenvalue weighted by atomic mass is 127. The zero-order valence-corrected chi connectivity index (χ0v) is 10.9. The van der Waals surface area contributed by atoms with Crippen LogP contribution < -0.4 is 0 Å². The number of hydrogen-bond donors (Lipinski definition) is 0. The molecular weight excluding hydrogens is 382 g/mol. The number of hydrogen-bond acceptors (Lipinski definition) is 0. The Morgan fingerprint density at radius 1 is 1.56 bits per heavy atom. The minimum Gasteiger partial charge on any atom is -0.126 e. The summed E-state index contributed by atoms with van der Waals surface area (Å²) in [5.41, 5.74) is 0. The highest BCUT2D eigenvalue weighted by Crippen LogP contribution is 2.17. The molecule has 0 amide bonds. The number of rotatable bonds is 4. The van der Waals surface area contributed by atoms with Crippen LogP contribution in [-0.2, 0) is 0 Å². The van der Waals surface area contributed by atoms with Crippen LogP contribution in [0.1, 0.15) is 6.42 Å². The molecule has 0 aromatic rings. The van der Waals surface area contributed by atoms with Gasteiger partial charge < -0.3 is 0 Å². The molecule has 56 valence electrons. The molecular formula is C5H8Br2ClI. The number of halogens is 4. The van der Waals surface area contributed by atoms with E-state index in [0.717, 1.165) is 17.6 Å². The minimum atomic E-state index is 0.568. The van der Waals surface area contributed by atoms with E-state index in [9.17, 15) is 0 Å². The van der Waals surface area contributed by atoms with Crippen LogP contribution in [0.4, 0.5) is 0 Å². The van der Waals surface area contributed by atoms with Crippen LogP contribution in [0.3, 0.4) is 0 Å². The summed E-state index contributed by atoms with van der Waals surface area (Å²) in [4.78, 5) is 0.568. The Bertz CT molecular complexity index is 64.0. The van der Waals surface area contributed by atoms with Gasteiger partial charge in [-0.2, -0.15) is 0 Å². The van der Waals surface area contributed by atoms with Gasteiger partial charge in [-0.3, -0.25) is 0 Å². The van der Waals surface area contributed by atoms with Gasteiger partial charge in [0.05, 0.1) is 0 Å². The second-order valence-electron chi connectivity index (χ2n) is 1.74. The van der Waals surface area contributed by atoms with E-state index in [1.165, 1.54) is 0 Å². The van der Waals surface area contributed by atoms with Crippen LogP contribution in [0, 0.1) is 0 Å². The zero-order chi connectivity index (χ0) is 7.28. The van der Waals surface area contributed by atoms with E-state index in [-0.39, 0.29) is 0 Å². The van der Waals surface area contributed by atoms with E-state index in [0.29, 0.717) is 8.75 Å². The van der Waals surface area contributed by atoms with Gasteiger partial charge in [0.1, 0.15) is 0 Å². The quantitative estimate of drug-likeness (QED) is 0.509. The summed E-state index contributed by atoms with van der Waals surface area (Å²) in [6.07, 6.45) is 1.13. The van der Waals surface area contributed by atoms with Crippen LogP contribution in [0.15, 0.2) is 0 Å². The molecule has 4 heteroatoms. The lowest BCUT2D eigenvalue weighted by molar-refractivity contribution is 0.849. The molecule has 9 heavy (non-hydrogen) atoms. The summed E-state index contributed by atoms with van der Waals surface area (Å²) in [5.74, 6) is 0.746. The third kappa shape index (κ3) is 6.38. The van der Waals surface area contributed by atoms with E-state index in [1.54, 1.807) is 0 Å². The van der Waals surface area contributed by atoms with Crippen LogP contribution in [0.5, 0.6) is 0 Å². The molecule has 0 nitrogen and oxygen atoms in total. The summed E-state index contributed by atoms with van der Waals surface area (Å²) in [5, 5.41) is 1.00. The van der Waals surface area contributed by atoms with Crippen molar-refractivity contribution in [3.05, 3.63) is 0 Å². The van der Waals surface area contributed by atoms with Crippen LogP contribution >= 0.6 is 66.1 Å². The van der Waals surface area contributed by atoms with Crippen LogP contribution in [-0.4, -0.2) is 20.0 Å². The lowest BCUT2D eigenvalue weighted by Crippen LogP contribution is -2.09. The molecule has 0 aliphatic rings. The van der Waals surface area contributed by atoms with Crippen molar-refractivity contribution < 1.29 is 0 Å². The van der Waals surface area contributed by atoms with E-state index < -0.39 is 0 Å². The third-order valence-electron chi connectivity index (χ3n) is 0.846. The van der Waals surface area contributed by atoms with Gasteiger partial charge >= 0.3 is 0 Å². The monoisotopic (exact) mass is 388 g/mol. The summed E-state index contributed by atoms with van der Waals surface area (Å²) in [6, 6.07) is 0. The molecule has 0 saturated carbocycles. The topological polar surface area (TPSA) is 0 Å². The van der Waals surface area contributed by atoms with Crippen molar-refractivity contribution >= 4 is 66.1 Å². The van der Waals surface area contributed by atoms with Crippen molar-refractivity contribution in [1.29, 1.82) is 0 Å². The summed E-state index contributed by atoms with van der Waals surface area (Å²) >= 11 is 14.9. The van der Waals surface area contributed by atoms with E-state index >= 15 is 0 Å². The molecule has 0 saturated heterocycles. The molecule has 0 heterocycles. The van der Waals surface area contributed by atoms with Gasteiger partial charge in [0.2, 0.25) is 0 Å². The molecule has 0 spiro atoms. The highest BCUT2D eigenvalue weighted by Gasteiger charge is 2.08. The van der Waals surface area contributed by atoms with Crippen molar-refractivity contribution in [2.45, 2.75) is 15.2 Å². The highest BCUT2D eigenvalue weighted by molar-refractivity contribution is 14.1. The molecule has 0 aliphatic heterocycles. The normalized spacial score (nSPS) is 17.3. The molecule has 0 rings (SSSR count). The van der Waals surface area contributed by atoms with Crippen molar-refractivity contribution in [2.75, 3.05) is 11.2 Å². The van der Waals surface area contributed by atoms with Crippen LogP contribution in [0.2, 0.25) is 0 Å². The Morgan fingerprint density at radius 2 is 2.11 bits per heavy atom. The summed E-state index contributed by atoms with van der Waals surface area (Å²) < 4.78 is 0.589. The maximum absolute atomic E-state index is 5.61. The predicted octanol–water partition coefficient (Wildman–Crippen LogP) is 3.58. The largest absolute Gasteiger partial charge is 0.126 e. The van der Waals surface area contributed by atoms with Gasteiger partial charge in [-0.15, -0.1) is 11.6 Å². The van der Waals surface area contributed by atoms with Crippen molar-refractivity contribution in [3.8, 4) is 0 Å². The fourth-order valence-electron chi connectivity index (χ4n) is 0.403. The first kappa shape index (κ1) is 11.0. The fraction of sp³-hybridized carbons (Fsp3) is 1.00. The smallest absolute Gasteiger partial charge is 0.0342 e. The maximum atomic E-state index is 5.61. The van der Waals surface area contributed by atoms with Crippen molar-refractivity contribution in [1.82, 2.24) is 0 Å². The fourth-order valence-corrected chi connectivity index (χ4v) is 2.56. The molecule has 2 atom stereocenters. The third-order valence-corrected chi connectivity index (χ3v) is 5.04. The average molecular weight is 390 g/mol. The van der Waals surface area contributed by atoms with Gasteiger partial charge in [-0.05, 0) is 6.42 Å². The number of alkyl halides is 4. The van der Waals surface area contributed by atoms with Crippen molar-refractivity contribution in [2.24, 2.45) is 0 Å². The average Bonchev–Trinajstić information content (AvgIpc) is 1.87. The Labute approximate surface area is 91.5 Å². The molecule has 0 N–H and O–H groups in total. The van der Waals surface area contributed by atoms with E-state index in [4.69, 9.17) is 11.6 Å². The van der Waals surface area contributed by atoms with Gasteiger partial charge in [0.25, 0.3) is 0 Å². The SMILES string of the molecule is ClCC(I)CC(Br)CBr. The lowest BCUT2D eigenvalue weighted by Gasteiger charge is -2.08. The Balaban J connectivity index is 3.22. The second kappa shape index (κ2) is 6.68. The molecule has 0 radical (unpaired) electrons. The van der Waals surface area contributed by atoms with E-state index in [2.05, 4.69) is 54.5 Å². The molecule has 0 bridgehead atoms. The minimum absolute atomic E-state index is 0.568. The van der Waals surface area contributed by atoms with Gasteiger partial charge in [0, 0.05) is 20.0 Å². The Morgan fingerprint density at radius 3 is 2.44 bits per heavy atom. The molecule has 2 unspecified atom stereocenters. The first-order valence-corrected chi connectivity index (χ1v) is 6.42. The zero-order valence-electron chi connectivity index (χ0n) is 4.79. The second-order valence-corrected chi connectivity index (χ2v) is 5.75. The summed E-state index contributed by atoms with van der Waals surface area (Å²) in [7, 11) is 0. The van der Waals surface area contributed by atoms with Gasteiger partial charge in [-0.25, -0.2) is 0 Å². The molecule has 0 aliphatic carbocycles. The standard InChI is InChI=1S/C5H8Br2ClI/c6-2-4(7)1-5(9)3-8/h4-5H,1-3H2. The van der Waals surface area contributed by atoms with Gasteiger partial charge in [0.15, 0.2) is 0 Å². The van der Waals surface area contributed by atoms with Crippen LogP contribution in [0.25, 0.3) is 0 Å². The predicted molar refractivity (Wildman–Crippen MR) is 59.7 cm³/mol. The molecule has 0 aromatic carbocycles. The first-order valence-electron chi connectivity index (χ1n) is 2.60. The van der Waals surface area contributed by atoms with E-state index in [1.807, 2.05) is 0 Å². The first-order chi connectivity index (χ1) is 4.20. The molecule has 0 aromatic heterocycles. The Hall–Kier alpha value is 1.98. The van der Waals surface area contributed by atoms with Crippen molar-refractivity contribution in [3.63, 3.8) is 0 Å². The maximum Gasteiger partial charge on any atom is 0.0342 e. The lowest BCUT2D eigenvalue weighted by atomic mass is 10.3.